The molecule has 4 nitrogen and oxygen atoms in total. The van der Waals surface area contributed by atoms with Crippen molar-refractivity contribution in [3.8, 4) is 11.5 Å². The molecule has 3 N–H and O–H groups in total. The highest BCUT2D eigenvalue weighted by Gasteiger charge is 2.20. The van der Waals surface area contributed by atoms with Crippen LogP contribution in [0.5, 0.6) is 11.5 Å². The first-order chi connectivity index (χ1) is 10.6. The van der Waals surface area contributed by atoms with Gasteiger partial charge in [-0.05, 0) is 54.8 Å². The molecule has 2 aromatic carbocycles. The van der Waals surface area contributed by atoms with Crippen LogP contribution in [0.25, 0.3) is 5.70 Å². The fraction of sp³-hybridized carbons (Fsp3) is 0.222. The monoisotopic (exact) mass is 296 g/mol. The molecule has 1 atom stereocenters. The number of aryl methyl sites for hydroxylation is 2. The first kappa shape index (κ1) is 14.5. The van der Waals surface area contributed by atoms with E-state index in [9.17, 15) is 5.11 Å². The fourth-order valence-electron chi connectivity index (χ4n) is 2.74. The molecular weight excluding hydrogens is 276 g/mol. The Morgan fingerprint density at radius 2 is 1.95 bits per heavy atom. The second kappa shape index (κ2) is 5.73. The van der Waals surface area contributed by atoms with Crippen molar-refractivity contribution < 1.29 is 9.84 Å². The van der Waals surface area contributed by atoms with Gasteiger partial charge >= 0.3 is 0 Å². The molecule has 0 fully saturated rings. The number of ether oxygens (including phenoxy) is 1. The van der Waals surface area contributed by atoms with Gasteiger partial charge in [0.1, 0.15) is 11.5 Å². The Hall–Kier alpha value is -2.46. The van der Waals surface area contributed by atoms with E-state index in [2.05, 4.69) is 16.9 Å². The predicted molar refractivity (Wildman–Crippen MR) is 87.6 cm³/mol. The lowest BCUT2D eigenvalue weighted by Crippen LogP contribution is -2.26. The molecular formula is C18H20N2O2. The smallest absolute Gasteiger partial charge is 0.127 e. The second-order valence-corrected chi connectivity index (χ2v) is 5.58. The van der Waals surface area contributed by atoms with Gasteiger partial charge in [0.15, 0.2) is 0 Å². The summed E-state index contributed by atoms with van der Waals surface area (Å²) in [4.78, 5) is 0. The molecule has 0 amide bonds. The summed E-state index contributed by atoms with van der Waals surface area (Å²) in [6, 6.07) is 11.9. The zero-order valence-corrected chi connectivity index (χ0v) is 13.0. The van der Waals surface area contributed by atoms with Crippen LogP contribution in [0.4, 0.5) is 0 Å². The van der Waals surface area contributed by atoms with Gasteiger partial charge in [0.05, 0.1) is 18.8 Å². The molecule has 0 aromatic heterocycles. The number of hydrazine groups is 1. The molecule has 114 valence electrons. The predicted octanol–water partition coefficient (Wildman–Crippen LogP) is 3.21. The molecule has 1 aliphatic rings. The standard InChI is InChI=1S/C18H20N2O2/c1-11-7-12(2)18(21)15(8-11)17-10-16(19-20-17)13-5-4-6-14(9-13)22-3/h4-10,16,19-21H,1-3H3/t16-/m0/s1. The molecule has 0 saturated heterocycles. The highest BCUT2D eigenvalue weighted by Crippen LogP contribution is 2.32. The van der Waals surface area contributed by atoms with Crippen LogP contribution in [0.15, 0.2) is 42.5 Å². The SMILES string of the molecule is COc1cccc([C@@H]2C=C(c3cc(C)cc(C)c3O)NN2)c1. The summed E-state index contributed by atoms with van der Waals surface area (Å²) in [5.41, 5.74) is 11.2. The number of phenols is 1. The first-order valence-electron chi connectivity index (χ1n) is 7.26. The van der Waals surface area contributed by atoms with Crippen LogP contribution in [0.3, 0.4) is 0 Å². The molecule has 0 spiro atoms. The van der Waals surface area contributed by atoms with E-state index >= 15 is 0 Å². The maximum absolute atomic E-state index is 10.3. The minimum Gasteiger partial charge on any atom is -0.507 e. The van der Waals surface area contributed by atoms with Crippen LogP contribution in [0.1, 0.15) is 28.3 Å². The largest absolute Gasteiger partial charge is 0.507 e. The van der Waals surface area contributed by atoms with Crippen molar-refractivity contribution in [2.45, 2.75) is 19.9 Å². The minimum absolute atomic E-state index is 0.0327. The van der Waals surface area contributed by atoms with Gasteiger partial charge in [-0.25, -0.2) is 5.43 Å². The molecule has 0 saturated carbocycles. The maximum atomic E-state index is 10.3. The summed E-state index contributed by atoms with van der Waals surface area (Å²) in [6.07, 6.45) is 2.07. The van der Waals surface area contributed by atoms with Crippen molar-refractivity contribution in [2.75, 3.05) is 7.11 Å². The van der Waals surface area contributed by atoms with Gasteiger partial charge in [-0.15, -0.1) is 0 Å². The van der Waals surface area contributed by atoms with Crippen molar-refractivity contribution in [1.29, 1.82) is 0 Å². The molecule has 22 heavy (non-hydrogen) atoms. The van der Waals surface area contributed by atoms with Crippen LogP contribution < -0.4 is 15.6 Å². The van der Waals surface area contributed by atoms with Gasteiger partial charge in [-0.1, -0.05) is 18.2 Å². The lowest BCUT2D eigenvalue weighted by Gasteiger charge is -2.11. The number of benzene rings is 2. The number of hydrogen-bond donors (Lipinski definition) is 3. The number of phenolic OH excluding ortho intramolecular Hbond substituents is 1. The average molecular weight is 296 g/mol. The molecule has 0 unspecified atom stereocenters. The van der Waals surface area contributed by atoms with Gasteiger partial charge in [0, 0.05) is 5.56 Å². The van der Waals surface area contributed by atoms with E-state index in [0.717, 1.165) is 33.7 Å². The van der Waals surface area contributed by atoms with Crippen LogP contribution in [0, 0.1) is 13.8 Å². The van der Waals surface area contributed by atoms with Gasteiger partial charge < -0.3 is 15.3 Å². The van der Waals surface area contributed by atoms with Crippen molar-refractivity contribution in [3.05, 3.63) is 64.7 Å². The highest BCUT2D eigenvalue weighted by atomic mass is 16.5. The minimum atomic E-state index is 0.0327. The van der Waals surface area contributed by atoms with Crippen LogP contribution in [-0.4, -0.2) is 12.2 Å². The summed E-state index contributed by atoms with van der Waals surface area (Å²) in [7, 11) is 1.66. The van der Waals surface area contributed by atoms with E-state index < -0.39 is 0 Å². The Morgan fingerprint density at radius 1 is 1.14 bits per heavy atom. The van der Waals surface area contributed by atoms with Crippen molar-refractivity contribution in [3.63, 3.8) is 0 Å². The fourth-order valence-corrected chi connectivity index (χ4v) is 2.74. The summed E-state index contributed by atoms with van der Waals surface area (Å²) in [5, 5.41) is 10.3. The molecule has 0 bridgehead atoms. The number of aromatic hydroxyl groups is 1. The van der Waals surface area contributed by atoms with Crippen LogP contribution in [0.2, 0.25) is 0 Å². The van der Waals surface area contributed by atoms with E-state index in [4.69, 9.17) is 4.74 Å². The average Bonchev–Trinajstić information content (AvgIpc) is 3.00. The Bertz CT molecular complexity index is 738. The highest BCUT2D eigenvalue weighted by molar-refractivity contribution is 5.72. The van der Waals surface area contributed by atoms with E-state index in [0.29, 0.717) is 5.75 Å². The Labute approximate surface area is 130 Å². The second-order valence-electron chi connectivity index (χ2n) is 5.58. The summed E-state index contributed by atoms with van der Waals surface area (Å²) < 4.78 is 5.27. The lowest BCUT2D eigenvalue weighted by atomic mass is 10.0. The number of methoxy groups -OCH3 is 1. The summed E-state index contributed by atoms with van der Waals surface area (Å²) in [5.74, 6) is 1.15. The summed E-state index contributed by atoms with van der Waals surface area (Å²) >= 11 is 0. The number of nitrogens with one attached hydrogen (secondary N) is 2. The van der Waals surface area contributed by atoms with Gasteiger partial charge in [0.2, 0.25) is 0 Å². The quantitative estimate of drug-likeness (QED) is 0.814. The zero-order valence-electron chi connectivity index (χ0n) is 13.0. The molecule has 0 aliphatic carbocycles. The van der Waals surface area contributed by atoms with E-state index in [-0.39, 0.29) is 6.04 Å². The Morgan fingerprint density at radius 3 is 2.73 bits per heavy atom. The number of hydrogen-bond acceptors (Lipinski definition) is 4. The normalized spacial score (nSPS) is 17.0. The molecule has 4 heteroatoms. The molecule has 0 radical (unpaired) electrons. The van der Waals surface area contributed by atoms with Crippen molar-refractivity contribution >= 4 is 5.70 Å². The van der Waals surface area contributed by atoms with Crippen LogP contribution in [-0.2, 0) is 0 Å². The first-order valence-corrected chi connectivity index (χ1v) is 7.26. The van der Waals surface area contributed by atoms with Gasteiger partial charge in [0.25, 0.3) is 0 Å². The Balaban J connectivity index is 1.94. The molecule has 1 aliphatic heterocycles. The van der Waals surface area contributed by atoms with Gasteiger partial charge in [-0.2, -0.15) is 0 Å². The Kier molecular flexibility index (Phi) is 3.77. The van der Waals surface area contributed by atoms with Crippen LogP contribution >= 0.6 is 0 Å². The van der Waals surface area contributed by atoms with E-state index in [1.807, 2.05) is 50.2 Å². The zero-order chi connectivity index (χ0) is 15.7. The third-order valence-corrected chi connectivity index (χ3v) is 3.88. The number of rotatable bonds is 3. The van der Waals surface area contributed by atoms with E-state index in [1.165, 1.54) is 0 Å². The molecule has 3 rings (SSSR count). The van der Waals surface area contributed by atoms with Crippen molar-refractivity contribution in [2.24, 2.45) is 0 Å². The van der Waals surface area contributed by atoms with Crippen molar-refractivity contribution in [1.82, 2.24) is 10.9 Å². The van der Waals surface area contributed by atoms with E-state index in [1.54, 1.807) is 7.11 Å². The van der Waals surface area contributed by atoms with Gasteiger partial charge in [-0.3, -0.25) is 0 Å². The molecule has 1 heterocycles. The maximum Gasteiger partial charge on any atom is 0.127 e. The third kappa shape index (κ3) is 2.65. The lowest BCUT2D eigenvalue weighted by molar-refractivity contribution is 0.413. The summed E-state index contributed by atoms with van der Waals surface area (Å²) in [6.45, 7) is 3.94. The topological polar surface area (TPSA) is 53.5 Å². The molecule has 2 aromatic rings. The third-order valence-electron chi connectivity index (χ3n) is 3.88.